The van der Waals surface area contributed by atoms with E-state index >= 15 is 0 Å². The van der Waals surface area contributed by atoms with Crippen molar-refractivity contribution in [1.82, 2.24) is 9.29 Å². The number of hydrogen-bond donors (Lipinski definition) is 2. The van der Waals surface area contributed by atoms with Crippen LogP contribution < -0.4 is 10.5 Å². The van der Waals surface area contributed by atoms with E-state index in [2.05, 4.69) is 25.5 Å². The van der Waals surface area contributed by atoms with Gasteiger partial charge in [0.15, 0.2) is 0 Å². The van der Waals surface area contributed by atoms with Crippen molar-refractivity contribution in [2.24, 2.45) is 17.1 Å². The fourth-order valence-electron chi connectivity index (χ4n) is 1.76. The Bertz CT molecular complexity index is 520. The van der Waals surface area contributed by atoms with E-state index in [0.717, 1.165) is 5.69 Å². The first kappa shape index (κ1) is 17.2. The fraction of sp³-hybridized carbons (Fsp3) is 0.714. The third-order valence-electron chi connectivity index (χ3n) is 3.88. The molecule has 0 saturated carbocycles. The highest BCUT2D eigenvalue weighted by atomic mass is 32.2. The molecule has 5 nitrogen and oxygen atoms in total. The van der Waals surface area contributed by atoms with Gasteiger partial charge in [0.2, 0.25) is 10.0 Å². The van der Waals surface area contributed by atoms with E-state index in [0.29, 0.717) is 24.5 Å². The molecule has 3 N–H and O–H groups in total. The summed E-state index contributed by atoms with van der Waals surface area (Å²) in [5.41, 5.74) is 6.53. The molecule has 1 unspecified atom stereocenters. The summed E-state index contributed by atoms with van der Waals surface area (Å²) in [5.74, 6) is 0.250. The number of nitrogens with zero attached hydrogens (tertiary/aromatic N) is 1. The van der Waals surface area contributed by atoms with Crippen LogP contribution in [0, 0.1) is 11.3 Å². The molecule has 0 radical (unpaired) electrons. The van der Waals surface area contributed by atoms with Crippen LogP contribution in [0.4, 0.5) is 0 Å². The van der Waals surface area contributed by atoms with Crippen LogP contribution in [0.3, 0.4) is 0 Å². The van der Waals surface area contributed by atoms with Crippen LogP contribution in [0.5, 0.6) is 0 Å². The topological polar surface area (TPSA) is 77.1 Å². The molecule has 0 fully saturated rings. The highest BCUT2D eigenvalue weighted by Crippen LogP contribution is 2.25. The molecular formula is C14H27N3O2S. The Morgan fingerprint density at radius 3 is 2.40 bits per heavy atom. The largest absolute Gasteiger partial charge is 0.349 e. The standard InChI is InChI=1S/C14H27N3O2S/c1-6-17-10-13(7-12(17)8-15)20(18,19)16-9-11(2)14(3,4)5/h7,10-11,16H,6,8-9,15H2,1-5H3. The lowest BCUT2D eigenvalue weighted by Crippen LogP contribution is -2.33. The summed E-state index contributed by atoms with van der Waals surface area (Å²) in [6.07, 6.45) is 1.65. The summed E-state index contributed by atoms with van der Waals surface area (Å²) in [4.78, 5) is 0.293. The average Bonchev–Trinajstić information content (AvgIpc) is 2.78. The van der Waals surface area contributed by atoms with Crippen molar-refractivity contribution < 1.29 is 8.42 Å². The van der Waals surface area contributed by atoms with Gasteiger partial charge in [0, 0.05) is 31.5 Å². The van der Waals surface area contributed by atoms with E-state index in [4.69, 9.17) is 5.73 Å². The second kappa shape index (κ2) is 6.28. The van der Waals surface area contributed by atoms with E-state index in [1.807, 2.05) is 18.4 Å². The summed E-state index contributed by atoms with van der Waals surface area (Å²) in [7, 11) is -3.46. The Labute approximate surface area is 122 Å². The maximum atomic E-state index is 12.3. The zero-order valence-electron chi connectivity index (χ0n) is 13.1. The van der Waals surface area contributed by atoms with Crippen LogP contribution in [-0.4, -0.2) is 19.5 Å². The van der Waals surface area contributed by atoms with Crippen molar-refractivity contribution in [3.63, 3.8) is 0 Å². The van der Waals surface area contributed by atoms with Gasteiger partial charge in [0.05, 0.1) is 4.90 Å². The van der Waals surface area contributed by atoms with Crippen molar-refractivity contribution in [1.29, 1.82) is 0 Å². The molecule has 0 aliphatic heterocycles. The normalized spacial score (nSPS) is 14.5. The molecule has 1 aromatic heterocycles. The molecule has 0 bridgehead atoms. The second-order valence-corrected chi connectivity index (χ2v) is 8.04. The SMILES string of the molecule is CCn1cc(S(=O)(=O)NCC(C)C(C)(C)C)cc1CN. The van der Waals surface area contributed by atoms with Gasteiger partial charge in [-0.1, -0.05) is 27.7 Å². The van der Waals surface area contributed by atoms with Gasteiger partial charge >= 0.3 is 0 Å². The Kier molecular flexibility index (Phi) is 5.40. The highest BCUT2D eigenvalue weighted by Gasteiger charge is 2.23. The first-order valence-electron chi connectivity index (χ1n) is 7.00. The molecule has 0 aromatic carbocycles. The number of aryl methyl sites for hydroxylation is 1. The smallest absolute Gasteiger partial charge is 0.242 e. The van der Waals surface area contributed by atoms with Crippen molar-refractivity contribution in [3.8, 4) is 0 Å². The van der Waals surface area contributed by atoms with Crippen LogP contribution in [-0.2, 0) is 23.1 Å². The number of nitrogens with one attached hydrogen (secondary N) is 1. The zero-order chi connectivity index (χ0) is 15.6. The van der Waals surface area contributed by atoms with Crippen molar-refractivity contribution in [2.45, 2.75) is 52.6 Å². The quantitative estimate of drug-likeness (QED) is 0.843. The van der Waals surface area contributed by atoms with Crippen LogP contribution in [0.1, 0.15) is 40.3 Å². The van der Waals surface area contributed by atoms with E-state index in [-0.39, 0.29) is 11.3 Å². The van der Waals surface area contributed by atoms with E-state index < -0.39 is 10.0 Å². The molecule has 0 saturated heterocycles. The van der Waals surface area contributed by atoms with Gasteiger partial charge < -0.3 is 10.3 Å². The van der Waals surface area contributed by atoms with Gasteiger partial charge in [0.25, 0.3) is 0 Å². The molecule has 1 aromatic rings. The fourth-order valence-corrected chi connectivity index (χ4v) is 2.96. The van der Waals surface area contributed by atoms with Crippen LogP contribution in [0.15, 0.2) is 17.2 Å². The van der Waals surface area contributed by atoms with E-state index in [1.165, 1.54) is 0 Å². The molecule has 1 heterocycles. The number of rotatable bonds is 6. The molecule has 0 aliphatic carbocycles. The van der Waals surface area contributed by atoms with Crippen molar-refractivity contribution >= 4 is 10.0 Å². The number of nitrogens with two attached hydrogens (primary N) is 1. The van der Waals surface area contributed by atoms with Crippen LogP contribution in [0.25, 0.3) is 0 Å². The molecule has 1 rings (SSSR count). The minimum Gasteiger partial charge on any atom is -0.349 e. The third-order valence-corrected chi connectivity index (χ3v) is 5.27. The lowest BCUT2D eigenvalue weighted by atomic mass is 9.82. The van der Waals surface area contributed by atoms with E-state index in [9.17, 15) is 8.42 Å². The summed E-state index contributed by atoms with van der Waals surface area (Å²) < 4.78 is 29.1. The van der Waals surface area contributed by atoms with Gasteiger partial charge in [-0.2, -0.15) is 0 Å². The first-order chi connectivity index (χ1) is 9.11. The van der Waals surface area contributed by atoms with Gasteiger partial charge in [-0.3, -0.25) is 0 Å². The first-order valence-corrected chi connectivity index (χ1v) is 8.49. The Hall–Kier alpha value is -0.850. The molecule has 1 atom stereocenters. The third kappa shape index (κ3) is 4.07. The monoisotopic (exact) mass is 301 g/mol. The molecular weight excluding hydrogens is 274 g/mol. The molecule has 0 amide bonds. The van der Waals surface area contributed by atoms with Crippen molar-refractivity contribution in [3.05, 3.63) is 18.0 Å². The second-order valence-electron chi connectivity index (χ2n) is 6.28. The summed E-state index contributed by atoms with van der Waals surface area (Å²) in [6.45, 7) is 11.8. The number of aromatic nitrogens is 1. The predicted octanol–water partition coefficient (Wildman–Crippen LogP) is 1.93. The van der Waals surface area contributed by atoms with Gasteiger partial charge in [-0.15, -0.1) is 0 Å². The average molecular weight is 301 g/mol. The van der Waals surface area contributed by atoms with Crippen LogP contribution in [0.2, 0.25) is 0 Å². The van der Waals surface area contributed by atoms with Crippen molar-refractivity contribution in [2.75, 3.05) is 6.54 Å². The lowest BCUT2D eigenvalue weighted by Gasteiger charge is -2.27. The Morgan fingerprint density at radius 1 is 1.40 bits per heavy atom. The molecule has 116 valence electrons. The van der Waals surface area contributed by atoms with E-state index in [1.54, 1.807) is 12.3 Å². The summed E-state index contributed by atoms with van der Waals surface area (Å²) >= 11 is 0. The van der Waals surface area contributed by atoms with Gasteiger partial charge in [-0.25, -0.2) is 13.1 Å². The van der Waals surface area contributed by atoms with Crippen LogP contribution >= 0.6 is 0 Å². The molecule has 0 aliphatic rings. The van der Waals surface area contributed by atoms with Gasteiger partial charge in [0.1, 0.15) is 0 Å². The lowest BCUT2D eigenvalue weighted by molar-refractivity contribution is 0.263. The number of hydrogen-bond acceptors (Lipinski definition) is 3. The highest BCUT2D eigenvalue weighted by molar-refractivity contribution is 7.89. The summed E-state index contributed by atoms with van der Waals surface area (Å²) in [6, 6.07) is 1.65. The zero-order valence-corrected chi connectivity index (χ0v) is 13.9. The Morgan fingerprint density at radius 2 is 2.00 bits per heavy atom. The predicted molar refractivity (Wildman–Crippen MR) is 81.8 cm³/mol. The maximum absolute atomic E-state index is 12.3. The Balaban J connectivity index is 2.87. The molecule has 20 heavy (non-hydrogen) atoms. The van der Waals surface area contributed by atoms with Gasteiger partial charge in [-0.05, 0) is 24.3 Å². The maximum Gasteiger partial charge on any atom is 0.242 e. The minimum atomic E-state index is -3.46. The summed E-state index contributed by atoms with van der Waals surface area (Å²) in [5, 5.41) is 0. The molecule has 6 heteroatoms. The molecule has 0 spiro atoms. The minimum absolute atomic E-state index is 0.0697. The number of sulfonamides is 1.